The van der Waals surface area contributed by atoms with E-state index in [1.165, 1.54) is 41.3 Å². The van der Waals surface area contributed by atoms with Gasteiger partial charge in [0.1, 0.15) is 0 Å². The number of rotatable bonds is 4. The summed E-state index contributed by atoms with van der Waals surface area (Å²) in [4.78, 5) is 16.5. The van der Waals surface area contributed by atoms with Crippen LogP contribution in [0.25, 0.3) is 55.6 Å². The van der Waals surface area contributed by atoms with Gasteiger partial charge in [-0.25, -0.2) is 0 Å². The summed E-state index contributed by atoms with van der Waals surface area (Å²) >= 11 is 1.72. The van der Waals surface area contributed by atoms with Gasteiger partial charge in [0.15, 0.2) is 0 Å². The molecule has 8 heteroatoms. The average Bonchev–Trinajstić information content (AvgIpc) is 3.70. The fourth-order valence-electron chi connectivity index (χ4n) is 7.30. The van der Waals surface area contributed by atoms with Crippen molar-refractivity contribution in [2.75, 3.05) is 0 Å². The van der Waals surface area contributed by atoms with Crippen LogP contribution in [0.1, 0.15) is 89.4 Å². The first-order valence-electron chi connectivity index (χ1n) is 18.0. The number of aromatic nitrogens is 5. The zero-order valence-electron chi connectivity index (χ0n) is 32.3. The van der Waals surface area contributed by atoms with Gasteiger partial charge in [0.05, 0.1) is 0 Å². The van der Waals surface area contributed by atoms with E-state index in [1.54, 1.807) is 11.5 Å². The number of aryl methyl sites for hydroxylation is 2. The molecule has 0 bridgehead atoms. The molecule has 0 saturated heterocycles. The Morgan fingerprint density at radius 2 is 1.49 bits per heavy atom. The molecule has 272 valence electrons. The van der Waals surface area contributed by atoms with E-state index in [4.69, 9.17) is 15.0 Å². The Kier molecular flexibility index (Phi) is 9.47. The van der Waals surface area contributed by atoms with Crippen molar-refractivity contribution in [3.63, 3.8) is 0 Å². The second kappa shape index (κ2) is 13.3. The van der Waals surface area contributed by atoms with Gasteiger partial charge >= 0.3 is 340 Å². The van der Waals surface area contributed by atoms with Crippen molar-refractivity contribution < 1.29 is 21.1 Å². The Labute approximate surface area is 337 Å². The average molecular weight is 962 g/mol. The van der Waals surface area contributed by atoms with Crippen molar-refractivity contribution in [2.24, 2.45) is 0 Å². The van der Waals surface area contributed by atoms with Crippen LogP contribution in [0.5, 0.6) is 0 Å². The third-order valence-electron chi connectivity index (χ3n) is 9.96. The molecule has 0 atom stereocenters. The second-order valence-electron chi connectivity index (χ2n) is 17.1. The van der Waals surface area contributed by atoms with E-state index >= 15 is 0 Å². The molecule has 0 unspecified atom stereocenters. The molecular formula is C45H45N5PtSSe. The number of nitrogens with zero attached hydrogens (tertiary/aromatic N) is 5. The molecule has 5 nitrogen and oxygen atoms in total. The standard InChI is InChI=1S/C45H45N5SSe.Pt/c1-26-25-47-39(40-41(26)50-42(48-40)38(27(2)51-50)45(9,10)11)28-20-30(44(6,7)8)22-32(21-28)52-31-16-17-33-34-23-29(43(3,4)5)15-18-35(34)49(36(33)24-31)37-14-12-13-19-46-37;/h12-20,22-23,25H,1-11H3;/q-2;+2. The molecule has 0 spiro atoms. The fourth-order valence-corrected chi connectivity index (χ4v) is 10.4. The Morgan fingerprint density at radius 1 is 0.736 bits per heavy atom. The molecule has 8 rings (SSSR count). The molecule has 0 saturated carbocycles. The maximum atomic E-state index is 5.34. The summed E-state index contributed by atoms with van der Waals surface area (Å²) in [5.41, 5.74) is 12.2. The first kappa shape index (κ1) is 37.7. The molecule has 5 aromatic heterocycles. The monoisotopic (exact) mass is 962 g/mol. The van der Waals surface area contributed by atoms with Crippen molar-refractivity contribution in [2.45, 2.75) is 92.4 Å². The van der Waals surface area contributed by atoms with Crippen LogP contribution in [0.3, 0.4) is 0 Å². The molecule has 5 heterocycles. The van der Waals surface area contributed by atoms with Crippen molar-refractivity contribution in [1.29, 1.82) is 0 Å². The summed E-state index contributed by atoms with van der Waals surface area (Å²) < 4.78 is 6.92. The summed E-state index contributed by atoms with van der Waals surface area (Å²) in [7, 11) is 0. The van der Waals surface area contributed by atoms with Gasteiger partial charge in [0, 0.05) is 0 Å². The largest absolute Gasteiger partial charge is 2.00 e. The summed E-state index contributed by atoms with van der Waals surface area (Å²) in [6.45, 7) is 24.8. The van der Waals surface area contributed by atoms with Crippen molar-refractivity contribution in [1.82, 2.24) is 23.3 Å². The van der Waals surface area contributed by atoms with Crippen LogP contribution in [-0.4, -0.2) is 38.3 Å². The van der Waals surface area contributed by atoms with Gasteiger partial charge in [-0.1, -0.05) is 0 Å². The molecule has 0 aliphatic rings. The number of fused-ring (bicyclic) bond motifs is 6. The molecular weight excluding hydrogens is 917 g/mol. The SMILES string of the molecule is Cc1sn2c(nc3c(-c4[c-]c([Se]c5[c-]c6c(cc5)c5cc(C(C)(C)C)ccc5n6-c5ccccn5)cc(C(C)(C)C)c4)ncc(C)c32)c1C(C)(C)C.[Pt+2]. The molecule has 8 aromatic rings. The first-order chi connectivity index (χ1) is 24.5. The molecule has 0 fully saturated rings. The quantitative estimate of drug-likeness (QED) is 0.131. The van der Waals surface area contributed by atoms with Crippen molar-refractivity contribution in [3.05, 3.63) is 112 Å². The van der Waals surface area contributed by atoms with Gasteiger partial charge in [0.2, 0.25) is 0 Å². The Morgan fingerprint density at radius 3 is 2.17 bits per heavy atom. The van der Waals surface area contributed by atoms with Gasteiger partial charge in [-0.05, 0) is 0 Å². The number of hydrogen-bond acceptors (Lipinski definition) is 4. The number of pyridine rings is 2. The van der Waals surface area contributed by atoms with Crippen LogP contribution < -0.4 is 8.92 Å². The summed E-state index contributed by atoms with van der Waals surface area (Å²) in [5.74, 6) is 0.898. The summed E-state index contributed by atoms with van der Waals surface area (Å²) in [6, 6.07) is 29.8. The van der Waals surface area contributed by atoms with Crippen molar-refractivity contribution in [3.8, 4) is 17.1 Å². The van der Waals surface area contributed by atoms with Crippen LogP contribution in [-0.2, 0) is 37.3 Å². The van der Waals surface area contributed by atoms with E-state index in [9.17, 15) is 0 Å². The predicted molar refractivity (Wildman–Crippen MR) is 221 cm³/mol. The number of benzene rings is 3. The van der Waals surface area contributed by atoms with Crippen LogP contribution >= 0.6 is 11.5 Å². The van der Waals surface area contributed by atoms with E-state index in [0.29, 0.717) is 0 Å². The van der Waals surface area contributed by atoms with E-state index in [1.807, 2.05) is 18.5 Å². The predicted octanol–water partition coefficient (Wildman–Crippen LogP) is 9.87. The van der Waals surface area contributed by atoms with Gasteiger partial charge < -0.3 is 0 Å². The topological polar surface area (TPSA) is 48.0 Å². The number of hydrogen-bond donors (Lipinski definition) is 0. The Hall–Kier alpha value is -3.60. The minimum atomic E-state index is -0.0684. The van der Waals surface area contributed by atoms with Crippen LogP contribution in [0.4, 0.5) is 0 Å². The van der Waals surface area contributed by atoms with E-state index in [-0.39, 0.29) is 52.3 Å². The summed E-state index contributed by atoms with van der Waals surface area (Å²) in [6.07, 6.45) is 3.87. The molecule has 0 amide bonds. The molecule has 0 aliphatic heterocycles. The zero-order chi connectivity index (χ0) is 36.9. The zero-order valence-corrected chi connectivity index (χ0v) is 37.1. The number of imidazole rings is 1. The van der Waals surface area contributed by atoms with Crippen LogP contribution in [0.2, 0.25) is 0 Å². The second-order valence-corrected chi connectivity index (χ2v) is 20.5. The molecule has 0 radical (unpaired) electrons. The van der Waals surface area contributed by atoms with E-state index < -0.39 is 0 Å². The molecule has 3 aromatic carbocycles. The van der Waals surface area contributed by atoms with Crippen LogP contribution in [0, 0.1) is 26.0 Å². The molecule has 0 N–H and O–H groups in total. The minimum absolute atomic E-state index is 0. The first-order valence-corrected chi connectivity index (χ1v) is 20.4. The van der Waals surface area contributed by atoms with Gasteiger partial charge in [-0.3, -0.25) is 0 Å². The third-order valence-corrected chi connectivity index (χ3v) is 12.9. The Bertz CT molecular complexity index is 2680. The molecule has 0 aliphatic carbocycles. The maximum Gasteiger partial charge on any atom is 2.00 e. The molecule has 53 heavy (non-hydrogen) atoms. The van der Waals surface area contributed by atoms with Gasteiger partial charge in [-0.2, -0.15) is 0 Å². The van der Waals surface area contributed by atoms with Crippen LogP contribution in [0.15, 0.2) is 73.1 Å². The van der Waals surface area contributed by atoms with Gasteiger partial charge in [0.25, 0.3) is 0 Å². The van der Waals surface area contributed by atoms with Gasteiger partial charge in [-0.15, -0.1) is 0 Å². The fraction of sp³-hybridized carbons (Fsp3) is 0.311. The normalized spacial score (nSPS) is 12.7. The van der Waals surface area contributed by atoms with Crippen molar-refractivity contribution >= 4 is 73.9 Å². The summed E-state index contributed by atoms with van der Waals surface area (Å²) in [5, 5.41) is 2.42. The van der Waals surface area contributed by atoms with E-state index in [2.05, 4.69) is 151 Å². The van der Waals surface area contributed by atoms with E-state index in [0.717, 1.165) is 50.4 Å². The minimum Gasteiger partial charge on any atom is 2.00 e. The smallest absolute Gasteiger partial charge is 2.00 e. The third kappa shape index (κ3) is 6.63. The maximum absolute atomic E-state index is 5.34. The Balaban J connectivity index is 0.00000435.